The normalized spacial score (nSPS) is 11.1. The minimum absolute atomic E-state index is 0.229. The zero-order valence-corrected chi connectivity index (χ0v) is 10.9. The standard InChI is InChI=1S/C14H20O3/c1-5-16-12-10-8-7-9-11(12)14(3,4)13(15)17-6-2/h7-10H,5-6H2,1-4H3. The van der Waals surface area contributed by atoms with Gasteiger partial charge in [0.25, 0.3) is 0 Å². The van der Waals surface area contributed by atoms with Gasteiger partial charge in [0, 0.05) is 5.56 Å². The Labute approximate surface area is 103 Å². The highest BCUT2D eigenvalue weighted by molar-refractivity contribution is 5.83. The van der Waals surface area contributed by atoms with Crippen LogP contribution in [-0.4, -0.2) is 19.2 Å². The molecule has 0 aliphatic rings. The molecule has 0 amide bonds. The van der Waals surface area contributed by atoms with Gasteiger partial charge in [0.05, 0.1) is 18.6 Å². The first-order chi connectivity index (χ1) is 8.04. The minimum Gasteiger partial charge on any atom is -0.494 e. The second-order valence-corrected chi connectivity index (χ2v) is 4.27. The van der Waals surface area contributed by atoms with Gasteiger partial charge in [-0.2, -0.15) is 0 Å². The van der Waals surface area contributed by atoms with Gasteiger partial charge in [0.1, 0.15) is 5.75 Å². The Morgan fingerprint density at radius 1 is 1.18 bits per heavy atom. The lowest BCUT2D eigenvalue weighted by molar-refractivity contribution is -0.148. The van der Waals surface area contributed by atoms with E-state index in [1.165, 1.54) is 0 Å². The Kier molecular flexibility index (Phi) is 4.55. The number of para-hydroxylation sites is 1. The van der Waals surface area contributed by atoms with Crippen molar-refractivity contribution in [1.29, 1.82) is 0 Å². The van der Waals surface area contributed by atoms with Gasteiger partial charge in [-0.15, -0.1) is 0 Å². The van der Waals surface area contributed by atoms with E-state index in [-0.39, 0.29) is 5.97 Å². The molecule has 0 spiro atoms. The molecule has 1 rings (SSSR count). The van der Waals surface area contributed by atoms with Gasteiger partial charge >= 0.3 is 5.97 Å². The summed E-state index contributed by atoms with van der Waals surface area (Å²) in [5.41, 5.74) is 0.169. The van der Waals surface area contributed by atoms with Crippen LogP contribution in [0.4, 0.5) is 0 Å². The third-order valence-corrected chi connectivity index (χ3v) is 2.65. The zero-order chi connectivity index (χ0) is 12.9. The van der Waals surface area contributed by atoms with Crippen LogP contribution in [0.1, 0.15) is 33.3 Å². The van der Waals surface area contributed by atoms with Crippen LogP contribution in [0, 0.1) is 0 Å². The molecule has 0 N–H and O–H groups in total. The van der Waals surface area contributed by atoms with Gasteiger partial charge in [0.15, 0.2) is 0 Å². The predicted molar refractivity (Wildman–Crippen MR) is 67.3 cm³/mol. The summed E-state index contributed by atoms with van der Waals surface area (Å²) < 4.78 is 10.6. The van der Waals surface area contributed by atoms with Crippen molar-refractivity contribution in [1.82, 2.24) is 0 Å². The molecule has 3 heteroatoms. The van der Waals surface area contributed by atoms with Crippen LogP contribution < -0.4 is 4.74 Å². The summed E-state index contributed by atoms with van der Waals surface area (Å²) in [7, 11) is 0. The minimum atomic E-state index is -0.693. The fraction of sp³-hybridized carbons (Fsp3) is 0.500. The monoisotopic (exact) mass is 236 g/mol. The molecule has 0 atom stereocenters. The van der Waals surface area contributed by atoms with E-state index in [1.807, 2.05) is 52.0 Å². The number of ether oxygens (including phenoxy) is 2. The highest BCUT2D eigenvalue weighted by Crippen LogP contribution is 2.32. The topological polar surface area (TPSA) is 35.5 Å². The first-order valence-electron chi connectivity index (χ1n) is 5.93. The van der Waals surface area contributed by atoms with Crippen molar-refractivity contribution >= 4 is 5.97 Å². The van der Waals surface area contributed by atoms with E-state index >= 15 is 0 Å². The highest BCUT2D eigenvalue weighted by atomic mass is 16.5. The third kappa shape index (κ3) is 2.99. The van der Waals surface area contributed by atoms with E-state index in [2.05, 4.69) is 0 Å². The molecule has 0 fully saturated rings. The molecule has 0 saturated heterocycles. The van der Waals surface area contributed by atoms with Gasteiger partial charge in [-0.1, -0.05) is 18.2 Å². The molecule has 0 aromatic heterocycles. The van der Waals surface area contributed by atoms with E-state index in [4.69, 9.17) is 9.47 Å². The number of carbonyl (C=O) groups is 1. The summed E-state index contributed by atoms with van der Waals surface area (Å²) in [4.78, 5) is 11.9. The molecule has 0 aliphatic heterocycles. The van der Waals surface area contributed by atoms with Crippen LogP contribution in [0.3, 0.4) is 0 Å². The second kappa shape index (κ2) is 5.71. The number of hydrogen-bond donors (Lipinski definition) is 0. The Morgan fingerprint density at radius 2 is 1.82 bits per heavy atom. The summed E-state index contributed by atoms with van der Waals surface area (Å²) in [6.45, 7) is 8.40. The smallest absolute Gasteiger partial charge is 0.316 e. The molecule has 0 radical (unpaired) electrons. The predicted octanol–water partition coefficient (Wildman–Crippen LogP) is 2.93. The Bertz CT molecular complexity index is 383. The molecule has 3 nitrogen and oxygen atoms in total. The van der Waals surface area contributed by atoms with Gasteiger partial charge in [-0.05, 0) is 33.8 Å². The maximum atomic E-state index is 11.9. The van der Waals surface area contributed by atoms with Gasteiger partial charge in [-0.25, -0.2) is 0 Å². The van der Waals surface area contributed by atoms with Gasteiger partial charge in [-0.3, -0.25) is 4.79 Å². The molecule has 17 heavy (non-hydrogen) atoms. The first kappa shape index (κ1) is 13.6. The highest BCUT2D eigenvalue weighted by Gasteiger charge is 2.33. The lowest BCUT2D eigenvalue weighted by atomic mass is 9.84. The Morgan fingerprint density at radius 3 is 2.41 bits per heavy atom. The summed E-state index contributed by atoms with van der Waals surface area (Å²) in [5, 5.41) is 0. The number of rotatable bonds is 5. The molecule has 94 valence electrons. The summed E-state index contributed by atoms with van der Waals surface area (Å²) >= 11 is 0. The average molecular weight is 236 g/mol. The van der Waals surface area contributed by atoms with E-state index < -0.39 is 5.41 Å². The van der Waals surface area contributed by atoms with E-state index in [1.54, 1.807) is 0 Å². The molecule has 0 aliphatic carbocycles. The van der Waals surface area contributed by atoms with Crippen molar-refractivity contribution in [2.45, 2.75) is 33.1 Å². The molecule has 0 saturated carbocycles. The second-order valence-electron chi connectivity index (χ2n) is 4.27. The Hall–Kier alpha value is -1.51. The largest absolute Gasteiger partial charge is 0.494 e. The zero-order valence-electron chi connectivity index (χ0n) is 10.9. The molecular weight excluding hydrogens is 216 g/mol. The number of benzene rings is 1. The first-order valence-corrected chi connectivity index (χ1v) is 5.93. The van der Waals surface area contributed by atoms with Crippen molar-refractivity contribution in [3.8, 4) is 5.75 Å². The van der Waals surface area contributed by atoms with Crippen molar-refractivity contribution in [2.75, 3.05) is 13.2 Å². The van der Waals surface area contributed by atoms with Crippen molar-refractivity contribution in [2.24, 2.45) is 0 Å². The lowest BCUT2D eigenvalue weighted by Crippen LogP contribution is -2.31. The van der Waals surface area contributed by atoms with Crippen LogP contribution in [0.25, 0.3) is 0 Å². The summed E-state index contributed by atoms with van der Waals surface area (Å²) in [6.07, 6.45) is 0. The molecule has 1 aromatic carbocycles. The van der Waals surface area contributed by atoms with Crippen LogP contribution >= 0.6 is 0 Å². The quantitative estimate of drug-likeness (QED) is 0.737. The van der Waals surface area contributed by atoms with Crippen LogP contribution in [-0.2, 0) is 14.9 Å². The molecular formula is C14H20O3. The van der Waals surface area contributed by atoms with E-state index in [0.29, 0.717) is 13.2 Å². The number of carbonyl (C=O) groups excluding carboxylic acids is 1. The van der Waals surface area contributed by atoms with Crippen LogP contribution in [0.5, 0.6) is 5.75 Å². The van der Waals surface area contributed by atoms with Crippen molar-refractivity contribution in [3.05, 3.63) is 29.8 Å². The molecule has 0 bridgehead atoms. The van der Waals surface area contributed by atoms with E-state index in [0.717, 1.165) is 11.3 Å². The number of hydrogen-bond acceptors (Lipinski definition) is 3. The molecule has 1 aromatic rings. The fourth-order valence-corrected chi connectivity index (χ4v) is 1.69. The molecule has 0 heterocycles. The van der Waals surface area contributed by atoms with Crippen LogP contribution in [0.2, 0.25) is 0 Å². The molecule has 0 unspecified atom stereocenters. The van der Waals surface area contributed by atoms with Gasteiger partial charge < -0.3 is 9.47 Å². The third-order valence-electron chi connectivity index (χ3n) is 2.65. The lowest BCUT2D eigenvalue weighted by Gasteiger charge is -2.25. The van der Waals surface area contributed by atoms with E-state index in [9.17, 15) is 4.79 Å². The maximum absolute atomic E-state index is 11.9. The SMILES string of the molecule is CCOC(=O)C(C)(C)c1ccccc1OCC. The Balaban J connectivity index is 3.08. The van der Waals surface area contributed by atoms with Crippen molar-refractivity contribution < 1.29 is 14.3 Å². The summed E-state index contributed by atoms with van der Waals surface area (Å²) in [6, 6.07) is 7.58. The van der Waals surface area contributed by atoms with Crippen LogP contribution in [0.15, 0.2) is 24.3 Å². The summed E-state index contributed by atoms with van der Waals surface area (Å²) in [5.74, 6) is 0.514. The average Bonchev–Trinajstić information content (AvgIpc) is 2.30. The maximum Gasteiger partial charge on any atom is 0.316 e. The fourth-order valence-electron chi connectivity index (χ4n) is 1.69. The van der Waals surface area contributed by atoms with Crippen molar-refractivity contribution in [3.63, 3.8) is 0 Å². The number of esters is 1. The van der Waals surface area contributed by atoms with Gasteiger partial charge in [0.2, 0.25) is 0 Å².